The molecule has 56 heavy (non-hydrogen) atoms. The summed E-state index contributed by atoms with van der Waals surface area (Å²) in [5.74, 6) is -3.27. The van der Waals surface area contributed by atoms with E-state index in [1.165, 1.54) is 0 Å². The highest BCUT2D eigenvalue weighted by atomic mass is 16.5. The Labute approximate surface area is 329 Å². The van der Waals surface area contributed by atoms with Crippen LogP contribution >= 0.6 is 0 Å². The summed E-state index contributed by atoms with van der Waals surface area (Å²) >= 11 is 0. The number of carbonyl (C=O) groups excluding carboxylic acids is 1. The first kappa shape index (κ1) is 41.0. The van der Waals surface area contributed by atoms with Crippen LogP contribution in [0.1, 0.15) is 47.1 Å². The van der Waals surface area contributed by atoms with Crippen LogP contribution in [0.3, 0.4) is 0 Å². The SMILES string of the molecule is O=C(COc1cccc(CC(C(=O)O)C2CCNC2)c1)CN(Cc1cccc(CC(C(=O)O)C2CCNC2)c1)Cc1cccc(CC(C(=O)O)C2CCNC2)c1. The Morgan fingerprint density at radius 1 is 0.589 bits per heavy atom. The highest BCUT2D eigenvalue weighted by Gasteiger charge is 2.33. The van der Waals surface area contributed by atoms with E-state index in [4.69, 9.17) is 4.74 Å². The highest BCUT2D eigenvalue weighted by Crippen LogP contribution is 2.28. The molecule has 3 heterocycles. The maximum absolute atomic E-state index is 13.6. The zero-order valence-electron chi connectivity index (χ0n) is 32.0. The molecule has 0 bridgehead atoms. The molecule has 0 amide bonds. The number of carboxylic acid groups (broad SMARTS) is 3. The standard InChI is InChI=1S/C44H56N4O8/c49-37(28-56-38-9-3-6-31(18-38)21-41(44(54)55)36-12-15-47-24-36)27-48(25-32-7-1-4-29(16-32)19-39(42(50)51)34-10-13-45-22-34)26-33-8-2-5-30(17-33)20-40(43(52)53)35-11-14-46-23-35/h1-9,16-18,34-36,39-41,45-47H,10-15,19-28H2,(H,50,51)(H,52,53)(H,54,55). The number of ether oxygens (including phenoxy) is 1. The van der Waals surface area contributed by atoms with Gasteiger partial charge in [0.25, 0.3) is 0 Å². The first-order valence-corrected chi connectivity index (χ1v) is 20.0. The third-order valence-corrected chi connectivity index (χ3v) is 11.8. The average Bonchev–Trinajstić information content (AvgIpc) is 4.00. The van der Waals surface area contributed by atoms with Crippen LogP contribution in [0.5, 0.6) is 5.75 Å². The molecule has 6 atom stereocenters. The predicted octanol–water partition coefficient (Wildman–Crippen LogP) is 3.90. The van der Waals surface area contributed by atoms with Crippen LogP contribution in [0.15, 0.2) is 72.8 Å². The fraction of sp³-hybridized carbons (Fsp3) is 0.500. The van der Waals surface area contributed by atoms with E-state index in [0.717, 1.165) is 66.7 Å². The van der Waals surface area contributed by atoms with Gasteiger partial charge in [0.1, 0.15) is 12.4 Å². The molecule has 0 saturated carbocycles. The Morgan fingerprint density at radius 3 is 1.38 bits per heavy atom. The van der Waals surface area contributed by atoms with Crippen LogP contribution in [0.4, 0.5) is 0 Å². The predicted molar refractivity (Wildman–Crippen MR) is 211 cm³/mol. The second kappa shape index (κ2) is 20.0. The first-order chi connectivity index (χ1) is 27.1. The van der Waals surface area contributed by atoms with Gasteiger partial charge in [0, 0.05) is 13.1 Å². The van der Waals surface area contributed by atoms with Gasteiger partial charge in [0.05, 0.1) is 24.3 Å². The van der Waals surface area contributed by atoms with Gasteiger partial charge in [-0.2, -0.15) is 0 Å². The smallest absolute Gasteiger partial charge is 0.307 e. The summed E-state index contributed by atoms with van der Waals surface area (Å²) in [6.07, 6.45) is 3.74. The number of hydrogen-bond acceptors (Lipinski definition) is 9. The average molecular weight is 769 g/mol. The van der Waals surface area contributed by atoms with Crippen molar-refractivity contribution >= 4 is 23.7 Å². The number of benzene rings is 3. The lowest BCUT2D eigenvalue weighted by Crippen LogP contribution is -2.32. The molecule has 6 unspecified atom stereocenters. The molecule has 0 radical (unpaired) electrons. The van der Waals surface area contributed by atoms with E-state index in [0.29, 0.717) is 57.7 Å². The molecular weight excluding hydrogens is 713 g/mol. The number of carbonyl (C=O) groups is 4. The molecule has 0 aromatic heterocycles. The normalized spacial score (nSPS) is 21.1. The second-order valence-corrected chi connectivity index (χ2v) is 16.0. The van der Waals surface area contributed by atoms with Gasteiger partial charge in [0.15, 0.2) is 5.78 Å². The maximum atomic E-state index is 13.6. The fourth-order valence-corrected chi connectivity index (χ4v) is 8.81. The van der Waals surface area contributed by atoms with Gasteiger partial charge in [-0.15, -0.1) is 0 Å². The van der Waals surface area contributed by atoms with Gasteiger partial charge >= 0.3 is 17.9 Å². The molecule has 3 aliphatic rings. The second-order valence-electron chi connectivity index (χ2n) is 16.0. The molecule has 6 N–H and O–H groups in total. The minimum absolute atomic E-state index is 0.0670. The van der Waals surface area contributed by atoms with E-state index in [2.05, 4.69) is 16.0 Å². The molecule has 3 aliphatic heterocycles. The van der Waals surface area contributed by atoms with Crippen LogP contribution in [-0.2, 0) is 51.5 Å². The summed E-state index contributed by atoms with van der Waals surface area (Å²) in [6.45, 7) is 5.34. The number of nitrogens with zero attached hydrogens (tertiary/aromatic N) is 1. The van der Waals surface area contributed by atoms with E-state index in [9.17, 15) is 34.5 Å². The molecule has 0 aliphatic carbocycles. The number of rotatable bonds is 21. The number of aliphatic carboxylic acids is 3. The summed E-state index contributed by atoms with van der Waals surface area (Å²) in [4.78, 5) is 52.2. The van der Waals surface area contributed by atoms with E-state index in [1.807, 2.05) is 71.6 Å². The van der Waals surface area contributed by atoms with E-state index >= 15 is 0 Å². The molecule has 0 spiro atoms. The molecule has 12 nitrogen and oxygen atoms in total. The number of carboxylic acids is 3. The van der Waals surface area contributed by atoms with Crippen LogP contribution in [0.25, 0.3) is 0 Å². The van der Waals surface area contributed by atoms with Gasteiger partial charge in [-0.25, -0.2) is 0 Å². The third-order valence-electron chi connectivity index (χ3n) is 11.8. The maximum Gasteiger partial charge on any atom is 0.307 e. The number of Topliss-reactive ketones (excluding diaryl/α,β-unsaturated/α-hetero) is 1. The van der Waals surface area contributed by atoms with Crippen molar-refractivity contribution in [3.05, 3.63) is 101 Å². The molecule has 3 fully saturated rings. The summed E-state index contributed by atoms with van der Waals surface area (Å²) in [5, 5.41) is 39.8. The van der Waals surface area contributed by atoms with E-state index in [-0.39, 0.29) is 36.7 Å². The molecule has 6 rings (SSSR count). The minimum atomic E-state index is -0.808. The Bertz CT molecular complexity index is 1720. The van der Waals surface area contributed by atoms with Crippen LogP contribution < -0.4 is 20.7 Å². The number of hydrogen-bond donors (Lipinski definition) is 6. The van der Waals surface area contributed by atoms with Crippen LogP contribution in [-0.4, -0.2) is 96.3 Å². The fourth-order valence-electron chi connectivity index (χ4n) is 8.81. The van der Waals surface area contributed by atoms with Crippen molar-refractivity contribution in [2.45, 2.75) is 51.6 Å². The van der Waals surface area contributed by atoms with Gasteiger partial charge in [-0.1, -0.05) is 60.7 Å². The molecule has 3 aromatic carbocycles. The monoisotopic (exact) mass is 768 g/mol. The Balaban J connectivity index is 1.15. The molecular formula is C44H56N4O8. The van der Waals surface area contributed by atoms with Crippen molar-refractivity contribution in [1.29, 1.82) is 0 Å². The van der Waals surface area contributed by atoms with Crippen LogP contribution in [0, 0.1) is 35.5 Å². The van der Waals surface area contributed by atoms with Crippen molar-refractivity contribution in [3.63, 3.8) is 0 Å². The number of nitrogens with one attached hydrogen (secondary N) is 3. The van der Waals surface area contributed by atoms with Gasteiger partial charge in [-0.3, -0.25) is 24.1 Å². The zero-order chi connectivity index (χ0) is 39.4. The third kappa shape index (κ3) is 11.7. The summed E-state index contributed by atoms with van der Waals surface area (Å²) in [6, 6.07) is 23.2. The Hall–Kier alpha value is -4.62. The minimum Gasteiger partial charge on any atom is -0.486 e. The molecule has 300 valence electrons. The number of ketones is 1. The van der Waals surface area contributed by atoms with Crippen LogP contribution in [0.2, 0.25) is 0 Å². The lowest BCUT2D eigenvalue weighted by atomic mass is 9.86. The van der Waals surface area contributed by atoms with Gasteiger partial charge < -0.3 is 36.0 Å². The summed E-state index contributed by atoms with van der Waals surface area (Å²) in [7, 11) is 0. The lowest BCUT2D eigenvalue weighted by molar-refractivity contribution is -0.144. The molecule has 3 aromatic rings. The molecule has 12 heteroatoms. The van der Waals surface area contributed by atoms with E-state index in [1.54, 1.807) is 6.07 Å². The summed E-state index contributed by atoms with van der Waals surface area (Å²) < 4.78 is 5.99. The highest BCUT2D eigenvalue weighted by molar-refractivity contribution is 5.82. The van der Waals surface area contributed by atoms with Crippen molar-refractivity contribution in [3.8, 4) is 5.75 Å². The van der Waals surface area contributed by atoms with E-state index < -0.39 is 35.7 Å². The van der Waals surface area contributed by atoms with Crippen molar-refractivity contribution in [2.24, 2.45) is 35.5 Å². The topological polar surface area (TPSA) is 178 Å². The summed E-state index contributed by atoms with van der Waals surface area (Å²) in [5.41, 5.74) is 4.64. The van der Waals surface area contributed by atoms with Crippen molar-refractivity contribution in [2.75, 3.05) is 52.4 Å². The van der Waals surface area contributed by atoms with Gasteiger partial charge in [0.2, 0.25) is 0 Å². The quantitative estimate of drug-likeness (QED) is 0.0924. The first-order valence-electron chi connectivity index (χ1n) is 20.0. The largest absolute Gasteiger partial charge is 0.486 e. The van der Waals surface area contributed by atoms with Crippen molar-refractivity contribution < 1.29 is 39.2 Å². The van der Waals surface area contributed by atoms with Crippen molar-refractivity contribution in [1.82, 2.24) is 20.9 Å². The lowest BCUT2D eigenvalue weighted by Gasteiger charge is -2.24. The Morgan fingerprint density at radius 2 is 0.982 bits per heavy atom. The Kier molecular flexibility index (Phi) is 14.6. The van der Waals surface area contributed by atoms with Gasteiger partial charge in [-0.05, 0) is 135 Å². The molecule has 3 saturated heterocycles. The zero-order valence-corrected chi connectivity index (χ0v) is 32.0.